The Labute approximate surface area is 251 Å². The molecule has 41 heavy (non-hydrogen) atoms. The predicted octanol–water partition coefficient (Wildman–Crippen LogP) is 9.34. The van der Waals surface area contributed by atoms with Gasteiger partial charge in [0.15, 0.2) is 6.10 Å². The first-order chi connectivity index (χ1) is 19.8. The zero-order valence-electron chi connectivity index (χ0n) is 26.5. The third kappa shape index (κ3) is 31.8. The van der Waals surface area contributed by atoms with Gasteiger partial charge in [0, 0.05) is 12.8 Å². The van der Waals surface area contributed by atoms with Gasteiger partial charge in [-0.3, -0.25) is 14.1 Å². The Bertz CT molecular complexity index is 652. The summed E-state index contributed by atoms with van der Waals surface area (Å²) in [6.45, 7) is 3.65. The van der Waals surface area contributed by atoms with Gasteiger partial charge in [0.2, 0.25) is 0 Å². The standard InChI is InChI=1S/C32H63O8P/c1-3-5-7-9-11-13-14-15-16-17-19-20-22-24-26-31(33)38-28-30(29-39-41(35,36)37)40-32(34)27-25-23-21-18-12-10-8-6-4-2/h30H,3-29H2,1-2H3,(H2,35,36,37)/t30-/m1/s1. The summed E-state index contributed by atoms with van der Waals surface area (Å²) in [7, 11) is -4.73. The van der Waals surface area contributed by atoms with Crippen molar-refractivity contribution < 1.29 is 37.9 Å². The molecule has 0 amide bonds. The molecule has 0 heterocycles. The number of carbonyl (C=O) groups excluding carboxylic acids is 2. The Kier molecular flexibility index (Phi) is 28.5. The Balaban J connectivity index is 3.95. The summed E-state index contributed by atoms with van der Waals surface area (Å²) < 4.78 is 26.1. The highest BCUT2D eigenvalue weighted by Gasteiger charge is 2.22. The third-order valence-electron chi connectivity index (χ3n) is 7.38. The smallest absolute Gasteiger partial charge is 0.462 e. The van der Waals surface area contributed by atoms with Crippen LogP contribution in [0.5, 0.6) is 0 Å². The molecule has 0 aliphatic rings. The highest BCUT2D eigenvalue weighted by Crippen LogP contribution is 2.36. The first-order valence-electron chi connectivity index (χ1n) is 16.8. The van der Waals surface area contributed by atoms with E-state index in [1.807, 2.05) is 0 Å². The molecule has 0 aromatic carbocycles. The fourth-order valence-corrected chi connectivity index (χ4v) is 5.20. The predicted molar refractivity (Wildman–Crippen MR) is 166 cm³/mol. The first kappa shape index (κ1) is 40.1. The number of esters is 2. The van der Waals surface area contributed by atoms with Gasteiger partial charge >= 0.3 is 19.8 Å². The maximum atomic E-state index is 12.2. The first-order valence-corrected chi connectivity index (χ1v) is 18.4. The number of unbranched alkanes of at least 4 members (excludes halogenated alkanes) is 21. The Hall–Kier alpha value is -0.950. The minimum absolute atomic E-state index is 0.217. The third-order valence-corrected chi connectivity index (χ3v) is 7.86. The topological polar surface area (TPSA) is 119 Å². The second-order valence-corrected chi connectivity index (χ2v) is 12.7. The van der Waals surface area contributed by atoms with Gasteiger partial charge < -0.3 is 19.3 Å². The van der Waals surface area contributed by atoms with Crippen LogP contribution in [-0.4, -0.2) is 41.0 Å². The average Bonchev–Trinajstić information content (AvgIpc) is 2.93. The lowest BCUT2D eigenvalue weighted by atomic mass is 10.0. The summed E-state index contributed by atoms with van der Waals surface area (Å²) in [5.41, 5.74) is 0. The van der Waals surface area contributed by atoms with Gasteiger partial charge in [-0.2, -0.15) is 0 Å². The molecule has 0 aliphatic heterocycles. The summed E-state index contributed by atoms with van der Waals surface area (Å²) in [5.74, 6) is -0.879. The van der Waals surface area contributed by atoms with Crippen LogP contribution in [0, 0.1) is 0 Å². The second kappa shape index (κ2) is 29.1. The number of phosphoric acid groups is 1. The SMILES string of the molecule is CCCCCCCCCCCCCCCCC(=O)OC[C@H](COP(=O)(O)O)OC(=O)CCCCCCCCCCC. The van der Waals surface area contributed by atoms with Gasteiger partial charge in [-0.05, 0) is 12.8 Å². The molecule has 0 saturated carbocycles. The van der Waals surface area contributed by atoms with E-state index in [1.165, 1.54) is 103 Å². The van der Waals surface area contributed by atoms with Crippen LogP contribution in [0.15, 0.2) is 0 Å². The van der Waals surface area contributed by atoms with Crippen LogP contribution in [0.3, 0.4) is 0 Å². The molecule has 0 saturated heterocycles. The molecule has 0 unspecified atom stereocenters. The van der Waals surface area contributed by atoms with Gasteiger partial charge in [0.1, 0.15) is 6.61 Å². The molecule has 0 bridgehead atoms. The normalized spacial score (nSPS) is 12.4. The van der Waals surface area contributed by atoms with Crippen molar-refractivity contribution in [1.82, 2.24) is 0 Å². The molecule has 244 valence electrons. The molecule has 0 aromatic heterocycles. The molecular formula is C32H63O8P. The van der Waals surface area contributed by atoms with Crippen molar-refractivity contribution in [2.75, 3.05) is 13.2 Å². The van der Waals surface area contributed by atoms with E-state index in [-0.39, 0.29) is 19.4 Å². The quantitative estimate of drug-likeness (QED) is 0.0455. The number of rotatable bonds is 31. The molecule has 0 radical (unpaired) electrons. The lowest BCUT2D eigenvalue weighted by Crippen LogP contribution is -2.29. The van der Waals surface area contributed by atoms with Crippen molar-refractivity contribution in [3.63, 3.8) is 0 Å². The average molecular weight is 607 g/mol. The van der Waals surface area contributed by atoms with E-state index in [0.717, 1.165) is 38.5 Å². The summed E-state index contributed by atoms with van der Waals surface area (Å²) in [5, 5.41) is 0. The van der Waals surface area contributed by atoms with Gasteiger partial charge in [-0.15, -0.1) is 0 Å². The van der Waals surface area contributed by atoms with E-state index in [9.17, 15) is 14.2 Å². The van der Waals surface area contributed by atoms with Crippen molar-refractivity contribution in [2.45, 2.75) is 180 Å². The second-order valence-electron chi connectivity index (χ2n) is 11.5. The molecule has 0 spiro atoms. The van der Waals surface area contributed by atoms with Crippen molar-refractivity contribution >= 4 is 19.8 Å². The van der Waals surface area contributed by atoms with Crippen molar-refractivity contribution in [3.05, 3.63) is 0 Å². The fraction of sp³-hybridized carbons (Fsp3) is 0.938. The number of hydrogen-bond donors (Lipinski definition) is 2. The van der Waals surface area contributed by atoms with E-state index in [2.05, 4.69) is 18.4 Å². The maximum Gasteiger partial charge on any atom is 0.469 e. The molecule has 0 rings (SSSR count). The summed E-state index contributed by atoms with van der Waals surface area (Å²) in [6, 6.07) is 0. The number of hydrogen-bond acceptors (Lipinski definition) is 6. The van der Waals surface area contributed by atoms with Gasteiger partial charge in [-0.25, -0.2) is 4.57 Å². The van der Waals surface area contributed by atoms with E-state index in [0.29, 0.717) is 6.42 Å². The number of ether oxygens (including phenoxy) is 2. The molecular weight excluding hydrogens is 543 g/mol. The van der Waals surface area contributed by atoms with E-state index >= 15 is 0 Å². The van der Waals surface area contributed by atoms with Gasteiger partial charge in [0.05, 0.1) is 6.61 Å². The van der Waals surface area contributed by atoms with Crippen LogP contribution >= 0.6 is 7.82 Å². The Morgan fingerprint density at radius 3 is 1.24 bits per heavy atom. The molecule has 2 N–H and O–H groups in total. The van der Waals surface area contributed by atoms with E-state index in [1.54, 1.807) is 0 Å². The molecule has 1 atom stereocenters. The Morgan fingerprint density at radius 2 is 0.878 bits per heavy atom. The maximum absolute atomic E-state index is 12.2. The molecule has 8 nitrogen and oxygen atoms in total. The zero-order chi connectivity index (χ0) is 30.4. The van der Waals surface area contributed by atoms with Gasteiger partial charge in [-0.1, -0.05) is 149 Å². The molecule has 0 aliphatic carbocycles. The van der Waals surface area contributed by atoms with Crippen LogP contribution in [-0.2, 0) is 28.2 Å². The minimum atomic E-state index is -4.73. The Morgan fingerprint density at radius 1 is 0.537 bits per heavy atom. The fourth-order valence-electron chi connectivity index (χ4n) is 4.84. The highest BCUT2D eigenvalue weighted by molar-refractivity contribution is 7.46. The number of phosphoric ester groups is 1. The van der Waals surface area contributed by atoms with Crippen molar-refractivity contribution in [2.24, 2.45) is 0 Å². The highest BCUT2D eigenvalue weighted by atomic mass is 31.2. The lowest BCUT2D eigenvalue weighted by Gasteiger charge is -2.18. The van der Waals surface area contributed by atoms with Crippen LogP contribution in [0.2, 0.25) is 0 Å². The molecule has 0 fully saturated rings. The van der Waals surface area contributed by atoms with Crippen LogP contribution in [0.4, 0.5) is 0 Å². The van der Waals surface area contributed by atoms with E-state index in [4.69, 9.17) is 19.3 Å². The lowest BCUT2D eigenvalue weighted by molar-refractivity contribution is -0.161. The zero-order valence-corrected chi connectivity index (χ0v) is 27.4. The van der Waals surface area contributed by atoms with Crippen LogP contribution < -0.4 is 0 Å². The van der Waals surface area contributed by atoms with Crippen LogP contribution in [0.25, 0.3) is 0 Å². The minimum Gasteiger partial charge on any atom is -0.462 e. The summed E-state index contributed by atoms with van der Waals surface area (Å²) >= 11 is 0. The summed E-state index contributed by atoms with van der Waals surface area (Å²) in [4.78, 5) is 42.4. The monoisotopic (exact) mass is 606 g/mol. The molecule has 0 aromatic rings. The van der Waals surface area contributed by atoms with Gasteiger partial charge in [0.25, 0.3) is 0 Å². The van der Waals surface area contributed by atoms with E-state index < -0.39 is 32.5 Å². The molecule has 9 heteroatoms. The van der Waals surface area contributed by atoms with Crippen molar-refractivity contribution in [1.29, 1.82) is 0 Å². The van der Waals surface area contributed by atoms with Crippen LogP contribution in [0.1, 0.15) is 174 Å². The largest absolute Gasteiger partial charge is 0.469 e. The summed E-state index contributed by atoms with van der Waals surface area (Å²) in [6.07, 6.45) is 26.9. The van der Waals surface area contributed by atoms with Crippen molar-refractivity contribution in [3.8, 4) is 0 Å². The number of carbonyl (C=O) groups is 2.